The Balaban J connectivity index is 0.00000161. The third-order valence-corrected chi connectivity index (χ3v) is 6.22. The van der Waals surface area contributed by atoms with E-state index in [9.17, 15) is 9.59 Å². The van der Waals surface area contributed by atoms with Crippen molar-refractivity contribution in [3.63, 3.8) is 0 Å². The number of nitrogens with zero attached hydrogens (tertiary/aromatic N) is 1. The van der Waals surface area contributed by atoms with Crippen molar-refractivity contribution in [3.8, 4) is 0 Å². The van der Waals surface area contributed by atoms with Crippen LogP contribution in [0, 0.1) is 0 Å². The van der Waals surface area contributed by atoms with Gasteiger partial charge in [0.25, 0.3) is 0 Å². The van der Waals surface area contributed by atoms with Gasteiger partial charge in [0.15, 0.2) is 0 Å². The maximum atomic E-state index is 12.5. The van der Waals surface area contributed by atoms with Crippen LogP contribution in [0.2, 0.25) is 0 Å². The van der Waals surface area contributed by atoms with Crippen LogP contribution in [0.25, 0.3) is 0 Å². The topological polar surface area (TPSA) is 61.4 Å². The Morgan fingerprint density at radius 2 is 2.29 bits per heavy atom. The fraction of sp³-hybridized carbons (Fsp3) is 0.857. The zero-order valence-electron chi connectivity index (χ0n) is 12.6. The summed E-state index contributed by atoms with van der Waals surface area (Å²) in [5, 5.41) is 6.54. The highest BCUT2D eigenvalue weighted by Gasteiger charge is 2.53. The van der Waals surface area contributed by atoms with E-state index in [1.807, 2.05) is 4.90 Å². The van der Waals surface area contributed by atoms with E-state index >= 15 is 0 Å². The molecular formula is C14H24ClN3O2S. The lowest BCUT2D eigenvalue weighted by Gasteiger charge is -2.33. The molecule has 0 aromatic rings. The Bertz CT molecular complexity index is 436. The molecule has 3 rings (SSSR count). The first kappa shape index (κ1) is 16.9. The van der Waals surface area contributed by atoms with Crippen molar-refractivity contribution in [2.45, 2.75) is 62.5 Å². The van der Waals surface area contributed by atoms with E-state index in [0.29, 0.717) is 12.5 Å². The molecule has 0 bridgehead atoms. The van der Waals surface area contributed by atoms with E-state index in [1.54, 1.807) is 11.8 Å². The molecule has 4 unspecified atom stereocenters. The van der Waals surface area contributed by atoms with Crippen molar-refractivity contribution in [1.82, 2.24) is 15.5 Å². The number of halogens is 1. The Labute approximate surface area is 136 Å². The van der Waals surface area contributed by atoms with Crippen molar-refractivity contribution in [2.75, 3.05) is 12.3 Å². The van der Waals surface area contributed by atoms with Gasteiger partial charge in [0.1, 0.15) is 6.04 Å². The quantitative estimate of drug-likeness (QED) is 0.795. The zero-order chi connectivity index (χ0) is 14.3. The van der Waals surface area contributed by atoms with Gasteiger partial charge in [-0.25, -0.2) is 0 Å². The normalized spacial score (nSPS) is 38.9. The first-order valence-electron chi connectivity index (χ1n) is 7.49. The maximum absolute atomic E-state index is 12.5. The summed E-state index contributed by atoms with van der Waals surface area (Å²) in [6, 6.07) is 0.421. The Kier molecular flexibility index (Phi) is 5.11. The molecule has 120 valence electrons. The molecule has 21 heavy (non-hydrogen) atoms. The van der Waals surface area contributed by atoms with Gasteiger partial charge >= 0.3 is 0 Å². The summed E-state index contributed by atoms with van der Waals surface area (Å²) >= 11 is 1.75. The number of hydrogen-bond donors (Lipinski definition) is 2. The average molecular weight is 334 g/mol. The van der Waals surface area contributed by atoms with Gasteiger partial charge in [0.2, 0.25) is 11.8 Å². The van der Waals surface area contributed by atoms with Crippen LogP contribution in [0.1, 0.15) is 39.5 Å². The van der Waals surface area contributed by atoms with Gasteiger partial charge in [-0.3, -0.25) is 9.59 Å². The zero-order valence-corrected chi connectivity index (χ0v) is 14.2. The van der Waals surface area contributed by atoms with E-state index in [-0.39, 0.29) is 41.2 Å². The van der Waals surface area contributed by atoms with Crippen molar-refractivity contribution in [2.24, 2.45) is 0 Å². The molecule has 3 fully saturated rings. The van der Waals surface area contributed by atoms with Crippen LogP contribution in [0.4, 0.5) is 0 Å². The van der Waals surface area contributed by atoms with Gasteiger partial charge in [-0.1, -0.05) is 0 Å². The lowest BCUT2D eigenvalue weighted by Crippen LogP contribution is -2.54. The molecular weight excluding hydrogens is 310 g/mol. The van der Waals surface area contributed by atoms with Crippen LogP contribution < -0.4 is 10.6 Å². The molecule has 0 aromatic heterocycles. The van der Waals surface area contributed by atoms with E-state index in [1.165, 1.54) is 0 Å². The number of amides is 2. The van der Waals surface area contributed by atoms with Gasteiger partial charge < -0.3 is 15.5 Å². The van der Waals surface area contributed by atoms with Crippen LogP contribution in [0.5, 0.6) is 0 Å². The third kappa shape index (κ3) is 3.17. The molecule has 5 nitrogen and oxygen atoms in total. The Morgan fingerprint density at radius 3 is 3.00 bits per heavy atom. The SMILES string of the molecule is CC1CC(NC(=O)C2CSC3(C)CCC(=O)N23)CCN1.Cl. The average Bonchev–Trinajstić information content (AvgIpc) is 2.87. The number of nitrogens with one attached hydrogen (secondary N) is 2. The number of hydrogen-bond acceptors (Lipinski definition) is 4. The van der Waals surface area contributed by atoms with E-state index in [4.69, 9.17) is 0 Å². The third-order valence-electron chi connectivity index (χ3n) is 4.72. The minimum atomic E-state index is -0.273. The summed E-state index contributed by atoms with van der Waals surface area (Å²) in [5.74, 6) is 0.904. The maximum Gasteiger partial charge on any atom is 0.243 e. The molecule has 2 N–H and O–H groups in total. The molecule has 0 saturated carbocycles. The summed E-state index contributed by atoms with van der Waals surface area (Å²) < 4.78 is 0. The molecule has 4 atom stereocenters. The predicted molar refractivity (Wildman–Crippen MR) is 86.6 cm³/mol. The minimum Gasteiger partial charge on any atom is -0.351 e. The van der Waals surface area contributed by atoms with Crippen LogP contribution in [-0.4, -0.2) is 52.0 Å². The largest absolute Gasteiger partial charge is 0.351 e. The lowest BCUT2D eigenvalue weighted by atomic mass is 10.0. The number of carbonyl (C=O) groups excluding carboxylic acids is 2. The highest BCUT2D eigenvalue weighted by molar-refractivity contribution is 8.01. The summed E-state index contributed by atoms with van der Waals surface area (Å²) in [5.41, 5.74) is 0. The van der Waals surface area contributed by atoms with Gasteiger partial charge in [-0.15, -0.1) is 24.2 Å². The van der Waals surface area contributed by atoms with Crippen LogP contribution in [0.15, 0.2) is 0 Å². The second-order valence-electron chi connectivity index (χ2n) is 6.35. The monoisotopic (exact) mass is 333 g/mol. The molecule has 0 aliphatic carbocycles. The molecule has 3 saturated heterocycles. The van der Waals surface area contributed by atoms with E-state index < -0.39 is 0 Å². The van der Waals surface area contributed by atoms with Crippen molar-refractivity contribution in [3.05, 3.63) is 0 Å². The molecule has 3 aliphatic rings. The van der Waals surface area contributed by atoms with Crippen LogP contribution >= 0.6 is 24.2 Å². The highest BCUT2D eigenvalue weighted by Crippen LogP contribution is 2.47. The summed E-state index contributed by atoms with van der Waals surface area (Å²) in [4.78, 5) is 26.2. The van der Waals surface area contributed by atoms with Gasteiger partial charge in [0.05, 0.1) is 4.87 Å². The molecule has 3 heterocycles. The summed E-state index contributed by atoms with van der Waals surface area (Å²) in [6.45, 7) is 5.18. The first-order valence-corrected chi connectivity index (χ1v) is 8.48. The van der Waals surface area contributed by atoms with Crippen LogP contribution in [0.3, 0.4) is 0 Å². The lowest BCUT2D eigenvalue weighted by molar-refractivity contribution is -0.138. The Hall–Kier alpha value is -0.460. The van der Waals surface area contributed by atoms with Crippen molar-refractivity contribution < 1.29 is 9.59 Å². The predicted octanol–water partition coefficient (Wildman–Crippen LogP) is 1.12. The minimum absolute atomic E-state index is 0. The molecule has 3 aliphatic heterocycles. The van der Waals surface area contributed by atoms with Crippen molar-refractivity contribution >= 4 is 36.0 Å². The smallest absolute Gasteiger partial charge is 0.243 e. The fourth-order valence-electron chi connectivity index (χ4n) is 3.58. The highest BCUT2D eigenvalue weighted by atomic mass is 35.5. The standard InChI is InChI=1S/C14H23N3O2S.ClH/c1-9-7-10(4-6-15-9)16-13(19)11-8-20-14(2)5-3-12(18)17(11)14;/h9-11,15H,3-8H2,1-2H3,(H,16,19);1H. The summed E-state index contributed by atoms with van der Waals surface area (Å²) in [6.07, 6.45) is 3.39. The molecule has 7 heteroatoms. The van der Waals surface area contributed by atoms with Gasteiger partial charge in [-0.2, -0.15) is 0 Å². The van der Waals surface area contributed by atoms with Crippen LogP contribution in [-0.2, 0) is 9.59 Å². The molecule has 0 spiro atoms. The number of piperidine rings is 1. The second kappa shape index (κ2) is 6.34. The second-order valence-corrected chi connectivity index (χ2v) is 7.85. The summed E-state index contributed by atoms with van der Waals surface area (Å²) in [7, 11) is 0. The molecule has 2 amide bonds. The number of thioether (sulfide) groups is 1. The van der Waals surface area contributed by atoms with E-state index in [0.717, 1.165) is 31.6 Å². The fourth-order valence-corrected chi connectivity index (χ4v) is 5.01. The Morgan fingerprint density at radius 1 is 1.52 bits per heavy atom. The van der Waals surface area contributed by atoms with Gasteiger partial charge in [0, 0.05) is 24.3 Å². The number of rotatable bonds is 2. The number of carbonyl (C=O) groups is 2. The molecule has 0 radical (unpaired) electrons. The number of fused-ring (bicyclic) bond motifs is 1. The van der Waals surface area contributed by atoms with Gasteiger partial charge in [-0.05, 0) is 39.7 Å². The first-order chi connectivity index (χ1) is 9.49. The molecule has 0 aromatic carbocycles. The van der Waals surface area contributed by atoms with E-state index in [2.05, 4.69) is 24.5 Å². The van der Waals surface area contributed by atoms with Crippen molar-refractivity contribution in [1.29, 1.82) is 0 Å².